The Bertz CT molecular complexity index is 503. The Labute approximate surface area is 183 Å². The van der Waals surface area contributed by atoms with E-state index in [4.69, 9.17) is 51.1 Å². The fraction of sp³-hybridized carbons (Fsp3) is 0.667. The first kappa shape index (κ1) is 30.6. The van der Waals surface area contributed by atoms with Crippen LogP contribution in [0.1, 0.15) is 15.7 Å². The van der Waals surface area contributed by atoms with Gasteiger partial charge in [-0.1, -0.05) is 0 Å². The minimum Gasteiger partial charge on any atom is -1.00 e. The van der Waals surface area contributed by atoms with Gasteiger partial charge in [-0.25, -0.2) is 9.59 Å². The van der Waals surface area contributed by atoms with Crippen LogP contribution >= 0.6 is 0 Å². The fourth-order valence-corrected chi connectivity index (χ4v) is 1.38. The molecule has 0 aliphatic heterocycles. The standard InChI is InChI=1S/C6H8O7.C6H12O7.Ca.2H/c7-3(8)1-6(13,5(11)12)2-4(9)10;7-1-2(8)3(9)4(10)5(11)6(12)13;;;/h13H,1-2H2,(H,7,8)(H,9,10)(H,11,12);2-5,7-11H,1H2,(H,12,13);;;/q;;+2;2*-1/t;2-,3-,4+,5-;;;/m.1.../s1. The monoisotopic (exact) mass is 430 g/mol. The van der Waals surface area contributed by atoms with Crippen LogP contribution < -0.4 is 0 Å². The third-order valence-corrected chi connectivity index (χ3v) is 2.79. The molecule has 0 amide bonds. The van der Waals surface area contributed by atoms with Crippen molar-refractivity contribution >= 4 is 61.6 Å². The average Bonchev–Trinajstić information content (AvgIpc) is 2.50. The van der Waals surface area contributed by atoms with Crippen molar-refractivity contribution in [1.29, 1.82) is 0 Å². The van der Waals surface area contributed by atoms with Gasteiger partial charge in [-0.2, -0.15) is 0 Å². The van der Waals surface area contributed by atoms with Crippen LogP contribution in [-0.4, -0.2) is 149 Å². The van der Waals surface area contributed by atoms with E-state index in [1.165, 1.54) is 0 Å². The predicted molar refractivity (Wildman–Crippen MR) is 83.8 cm³/mol. The number of hydrogen-bond donors (Lipinski definition) is 10. The van der Waals surface area contributed by atoms with Crippen molar-refractivity contribution < 1.29 is 73.1 Å². The molecule has 0 unspecified atom stereocenters. The zero-order valence-electron chi connectivity index (χ0n) is 15.7. The number of hydrogen-bond acceptors (Lipinski definition) is 10. The molecule has 0 rings (SSSR count). The summed E-state index contributed by atoms with van der Waals surface area (Å²) >= 11 is 0. The second-order valence-electron chi connectivity index (χ2n) is 4.99. The molecule has 10 N–H and O–H groups in total. The maximum absolute atomic E-state index is 10.3. The van der Waals surface area contributed by atoms with Gasteiger partial charge in [0.15, 0.2) is 11.7 Å². The van der Waals surface area contributed by atoms with E-state index in [1.807, 2.05) is 0 Å². The molecule has 0 heterocycles. The third-order valence-electron chi connectivity index (χ3n) is 2.79. The Morgan fingerprint density at radius 3 is 1.41 bits per heavy atom. The van der Waals surface area contributed by atoms with Gasteiger partial charge in [-0.3, -0.25) is 9.59 Å². The summed E-state index contributed by atoms with van der Waals surface area (Å²) in [7, 11) is 0. The van der Waals surface area contributed by atoms with Crippen LogP contribution in [0.4, 0.5) is 0 Å². The van der Waals surface area contributed by atoms with Crippen molar-refractivity contribution in [3.63, 3.8) is 0 Å². The first-order chi connectivity index (χ1) is 11.7. The van der Waals surface area contributed by atoms with Crippen molar-refractivity contribution in [1.82, 2.24) is 0 Å². The zero-order valence-corrected chi connectivity index (χ0v) is 16.0. The van der Waals surface area contributed by atoms with E-state index in [1.54, 1.807) is 0 Å². The molecule has 0 spiro atoms. The molecule has 0 aliphatic rings. The largest absolute Gasteiger partial charge is 2.00 e. The Morgan fingerprint density at radius 1 is 0.815 bits per heavy atom. The second-order valence-corrected chi connectivity index (χ2v) is 4.99. The van der Waals surface area contributed by atoms with E-state index in [-0.39, 0.29) is 40.6 Å². The average molecular weight is 430 g/mol. The third kappa shape index (κ3) is 12.1. The number of carboxylic acid groups (broad SMARTS) is 4. The van der Waals surface area contributed by atoms with Crippen LogP contribution in [0.5, 0.6) is 0 Å². The summed E-state index contributed by atoms with van der Waals surface area (Å²) < 4.78 is 0. The van der Waals surface area contributed by atoms with Crippen LogP contribution in [0.15, 0.2) is 0 Å². The van der Waals surface area contributed by atoms with Crippen molar-refractivity contribution in [2.24, 2.45) is 0 Å². The molecular weight excluding hydrogens is 408 g/mol. The molecule has 156 valence electrons. The zero-order chi connectivity index (χ0) is 21.2. The van der Waals surface area contributed by atoms with Crippen molar-refractivity contribution in [3.05, 3.63) is 0 Å². The molecule has 15 heteroatoms. The molecule has 27 heavy (non-hydrogen) atoms. The number of aliphatic carboxylic acids is 4. The minimum atomic E-state index is -2.74. The fourth-order valence-electron chi connectivity index (χ4n) is 1.38. The van der Waals surface area contributed by atoms with Crippen molar-refractivity contribution in [2.45, 2.75) is 42.9 Å². The van der Waals surface area contributed by atoms with Gasteiger partial charge in [0, 0.05) is 0 Å². The predicted octanol–water partition coefficient (Wildman–Crippen LogP) is -4.90. The molecule has 0 bridgehead atoms. The SMILES string of the molecule is O=C(O)CC(O)(CC(=O)O)C(=O)O.O=C(O)[C@H](O)[C@@H](O)[C@H](O)[C@H](O)CO.[Ca+2].[H-].[H-]. The van der Waals surface area contributed by atoms with Crippen LogP contribution in [0.25, 0.3) is 0 Å². The van der Waals surface area contributed by atoms with Gasteiger partial charge in [0.2, 0.25) is 0 Å². The number of carbonyl (C=O) groups is 4. The van der Waals surface area contributed by atoms with Crippen molar-refractivity contribution in [3.8, 4) is 0 Å². The topological polar surface area (TPSA) is 271 Å². The summed E-state index contributed by atoms with van der Waals surface area (Å²) in [6.45, 7) is -0.843. The van der Waals surface area contributed by atoms with Gasteiger partial charge >= 0.3 is 61.6 Å². The van der Waals surface area contributed by atoms with E-state index >= 15 is 0 Å². The van der Waals surface area contributed by atoms with Gasteiger partial charge in [0.1, 0.15) is 18.3 Å². The summed E-state index contributed by atoms with van der Waals surface area (Å²) in [6.07, 6.45) is -10.1. The minimum absolute atomic E-state index is 0. The van der Waals surface area contributed by atoms with Gasteiger partial charge in [-0.15, -0.1) is 0 Å². The van der Waals surface area contributed by atoms with Gasteiger partial charge in [0.25, 0.3) is 0 Å². The number of aliphatic hydroxyl groups excluding tert-OH is 5. The molecule has 14 nitrogen and oxygen atoms in total. The maximum Gasteiger partial charge on any atom is 2.00 e. The summed E-state index contributed by atoms with van der Waals surface area (Å²) in [4.78, 5) is 40.6. The van der Waals surface area contributed by atoms with Crippen LogP contribution in [0, 0.1) is 0 Å². The number of aliphatic hydroxyl groups is 6. The van der Waals surface area contributed by atoms with Gasteiger partial charge in [0.05, 0.1) is 19.4 Å². The first-order valence-electron chi connectivity index (χ1n) is 6.64. The summed E-state index contributed by atoms with van der Waals surface area (Å²) in [5, 5.41) is 85.6. The molecular formula is C12H22CaO14. The molecule has 0 saturated heterocycles. The Kier molecular flexibility index (Phi) is 15.9. The Balaban J connectivity index is -0.000000120. The smallest absolute Gasteiger partial charge is 1.00 e. The first-order valence-corrected chi connectivity index (χ1v) is 6.64. The molecule has 4 atom stereocenters. The normalized spacial score (nSPS) is 15.0. The van der Waals surface area contributed by atoms with E-state index in [2.05, 4.69) is 0 Å². The van der Waals surface area contributed by atoms with E-state index in [0.717, 1.165) is 0 Å². The number of rotatable bonds is 10. The van der Waals surface area contributed by atoms with E-state index < -0.39 is 73.3 Å². The quantitative estimate of drug-likeness (QED) is 0.146. The second kappa shape index (κ2) is 14.0. The molecule has 0 aromatic heterocycles. The Hall–Kier alpha value is -1.10. The van der Waals surface area contributed by atoms with Crippen molar-refractivity contribution in [2.75, 3.05) is 6.61 Å². The molecule has 0 fully saturated rings. The molecule has 0 aromatic rings. The van der Waals surface area contributed by atoms with E-state index in [0.29, 0.717) is 0 Å². The molecule has 0 aliphatic carbocycles. The van der Waals surface area contributed by atoms with Gasteiger partial charge < -0.3 is 53.9 Å². The Morgan fingerprint density at radius 2 is 1.19 bits per heavy atom. The summed E-state index contributed by atoms with van der Waals surface area (Å²) in [5.74, 6) is -6.74. The molecule has 0 saturated carbocycles. The van der Waals surface area contributed by atoms with Crippen LogP contribution in [0.3, 0.4) is 0 Å². The number of carboxylic acids is 4. The molecule has 0 aromatic carbocycles. The maximum atomic E-state index is 10.3. The van der Waals surface area contributed by atoms with Crippen LogP contribution in [-0.2, 0) is 19.2 Å². The van der Waals surface area contributed by atoms with Crippen LogP contribution in [0.2, 0.25) is 0 Å². The van der Waals surface area contributed by atoms with E-state index in [9.17, 15) is 19.2 Å². The van der Waals surface area contributed by atoms with Gasteiger partial charge in [-0.05, 0) is 0 Å². The summed E-state index contributed by atoms with van der Waals surface area (Å²) in [5.41, 5.74) is -2.74. The summed E-state index contributed by atoms with van der Waals surface area (Å²) in [6, 6.07) is 0. The molecule has 0 radical (unpaired) electrons.